The summed E-state index contributed by atoms with van der Waals surface area (Å²) in [6.45, 7) is 3.88. The molecule has 4 nitrogen and oxygen atoms in total. The molecule has 0 aromatic carbocycles. The maximum absolute atomic E-state index is 12.4. The number of rotatable bonds is 4. The normalized spacial score (nSPS) is 25.1. The van der Waals surface area contributed by atoms with E-state index in [1.807, 2.05) is 11.8 Å². The van der Waals surface area contributed by atoms with Crippen molar-refractivity contribution in [3.05, 3.63) is 0 Å². The maximum Gasteiger partial charge on any atom is 0.239 e. The molecule has 1 saturated heterocycles. The second kappa shape index (κ2) is 6.02. The van der Waals surface area contributed by atoms with Crippen molar-refractivity contribution in [1.29, 1.82) is 0 Å². The fourth-order valence-electron chi connectivity index (χ4n) is 3.04. The van der Waals surface area contributed by atoms with Crippen LogP contribution >= 0.6 is 0 Å². The summed E-state index contributed by atoms with van der Waals surface area (Å²) in [7, 11) is 0. The molecule has 2 fully saturated rings. The van der Waals surface area contributed by atoms with Gasteiger partial charge in [-0.05, 0) is 39.0 Å². The molecule has 0 aromatic rings. The van der Waals surface area contributed by atoms with Gasteiger partial charge in [0.25, 0.3) is 0 Å². The van der Waals surface area contributed by atoms with E-state index >= 15 is 0 Å². The summed E-state index contributed by atoms with van der Waals surface area (Å²) in [6.07, 6.45) is 7.87. The lowest BCUT2D eigenvalue weighted by atomic mass is 9.77. The lowest BCUT2D eigenvalue weighted by Crippen LogP contribution is -2.60. The van der Waals surface area contributed by atoms with E-state index in [4.69, 9.17) is 0 Å². The first-order valence-electron chi connectivity index (χ1n) is 7.34. The van der Waals surface area contributed by atoms with Crippen LogP contribution in [0.25, 0.3) is 0 Å². The summed E-state index contributed by atoms with van der Waals surface area (Å²) in [4.78, 5) is 14.4. The van der Waals surface area contributed by atoms with Crippen molar-refractivity contribution in [2.45, 2.75) is 63.5 Å². The van der Waals surface area contributed by atoms with Crippen molar-refractivity contribution in [2.75, 3.05) is 19.7 Å². The van der Waals surface area contributed by atoms with Gasteiger partial charge in [0.1, 0.15) is 0 Å². The highest BCUT2D eigenvalue weighted by molar-refractivity contribution is 5.81. The largest absolute Gasteiger partial charge is 0.394 e. The summed E-state index contributed by atoms with van der Waals surface area (Å²) in [5.41, 5.74) is -0.180. The highest BCUT2D eigenvalue weighted by atomic mass is 16.3. The molecule has 2 N–H and O–H groups in total. The third-order valence-corrected chi connectivity index (χ3v) is 4.42. The molecule has 2 rings (SSSR count). The van der Waals surface area contributed by atoms with E-state index in [0.29, 0.717) is 0 Å². The van der Waals surface area contributed by atoms with Gasteiger partial charge < -0.3 is 10.0 Å². The molecule has 1 aliphatic carbocycles. The number of carbonyl (C=O) groups is 1. The van der Waals surface area contributed by atoms with Crippen LogP contribution in [-0.4, -0.2) is 47.2 Å². The van der Waals surface area contributed by atoms with Gasteiger partial charge in [0.15, 0.2) is 0 Å². The van der Waals surface area contributed by atoms with Crippen molar-refractivity contribution in [3.8, 4) is 0 Å². The van der Waals surface area contributed by atoms with Crippen LogP contribution in [0.2, 0.25) is 0 Å². The van der Waals surface area contributed by atoms with Crippen molar-refractivity contribution in [2.24, 2.45) is 0 Å². The monoisotopic (exact) mass is 254 g/mol. The van der Waals surface area contributed by atoms with Gasteiger partial charge in [-0.25, -0.2) is 0 Å². The van der Waals surface area contributed by atoms with Gasteiger partial charge in [-0.2, -0.15) is 0 Å². The van der Waals surface area contributed by atoms with Crippen molar-refractivity contribution >= 4 is 5.91 Å². The molecule has 2 aliphatic rings. The van der Waals surface area contributed by atoms with Gasteiger partial charge in [0, 0.05) is 18.6 Å². The fraction of sp³-hybridized carbons (Fsp3) is 0.929. The first-order chi connectivity index (χ1) is 8.67. The average molecular weight is 254 g/mol. The molecule has 1 heterocycles. The van der Waals surface area contributed by atoms with Crippen LogP contribution in [-0.2, 0) is 4.79 Å². The highest BCUT2D eigenvalue weighted by Gasteiger charge is 2.38. The van der Waals surface area contributed by atoms with Crippen molar-refractivity contribution in [3.63, 3.8) is 0 Å². The number of nitrogens with zero attached hydrogens (tertiary/aromatic N) is 1. The average Bonchev–Trinajstić information content (AvgIpc) is 2.61. The molecule has 0 bridgehead atoms. The molecule has 0 spiro atoms. The van der Waals surface area contributed by atoms with Gasteiger partial charge in [0.2, 0.25) is 5.91 Å². The SMILES string of the molecule is CC(NC1(CO)CCC1)C(=O)N1CCCCCC1. The topological polar surface area (TPSA) is 52.6 Å². The second-order valence-corrected chi connectivity index (χ2v) is 5.90. The summed E-state index contributed by atoms with van der Waals surface area (Å²) in [6, 6.07) is -0.171. The Hall–Kier alpha value is -0.610. The summed E-state index contributed by atoms with van der Waals surface area (Å²) in [5.74, 6) is 0.205. The predicted octanol–water partition coefficient (Wildman–Crippen LogP) is 1.28. The summed E-state index contributed by atoms with van der Waals surface area (Å²) in [5, 5.41) is 12.8. The van der Waals surface area contributed by atoms with E-state index < -0.39 is 0 Å². The van der Waals surface area contributed by atoms with Gasteiger partial charge in [0.05, 0.1) is 12.6 Å². The maximum atomic E-state index is 12.4. The first kappa shape index (κ1) is 13.8. The molecule has 4 heteroatoms. The highest BCUT2D eigenvalue weighted by Crippen LogP contribution is 2.31. The second-order valence-electron chi connectivity index (χ2n) is 5.90. The predicted molar refractivity (Wildman–Crippen MR) is 71.3 cm³/mol. The molecule has 0 radical (unpaired) electrons. The van der Waals surface area contributed by atoms with E-state index in [1.54, 1.807) is 0 Å². The number of aliphatic hydroxyl groups is 1. The van der Waals surface area contributed by atoms with Crippen molar-refractivity contribution in [1.82, 2.24) is 10.2 Å². The van der Waals surface area contributed by atoms with Crippen LogP contribution in [0.3, 0.4) is 0 Å². The molecular weight excluding hydrogens is 228 g/mol. The lowest BCUT2D eigenvalue weighted by Gasteiger charge is -2.43. The number of aliphatic hydroxyl groups excluding tert-OH is 1. The lowest BCUT2D eigenvalue weighted by molar-refractivity contribution is -0.134. The van der Waals surface area contributed by atoms with Crippen LogP contribution in [0.15, 0.2) is 0 Å². The number of carbonyl (C=O) groups excluding carboxylic acids is 1. The third-order valence-electron chi connectivity index (χ3n) is 4.42. The van der Waals surface area contributed by atoms with Crippen LogP contribution in [0.1, 0.15) is 51.9 Å². The Bertz CT molecular complexity index is 276. The molecule has 1 amide bonds. The minimum atomic E-state index is -0.180. The summed E-state index contributed by atoms with van der Waals surface area (Å²) < 4.78 is 0. The standard InChI is InChI=1S/C14H26N2O2/c1-12(15-14(11-17)7-6-8-14)13(18)16-9-4-2-3-5-10-16/h12,15,17H,2-11H2,1H3. The minimum absolute atomic E-state index is 0.143. The molecule has 1 saturated carbocycles. The zero-order valence-corrected chi connectivity index (χ0v) is 11.5. The third kappa shape index (κ3) is 3.04. The van der Waals surface area contributed by atoms with Crippen LogP contribution < -0.4 is 5.32 Å². The molecule has 1 atom stereocenters. The van der Waals surface area contributed by atoms with E-state index in [0.717, 1.165) is 45.2 Å². The summed E-state index contributed by atoms with van der Waals surface area (Å²) >= 11 is 0. The van der Waals surface area contributed by atoms with Gasteiger partial charge in [-0.1, -0.05) is 12.8 Å². The van der Waals surface area contributed by atoms with E-state index in [2.05, 4.69) is 5.32 Å². The first-order valence-corrected chi connectivity index (χ1v) is 7.34. The Morgan fingerprint density at radius 2 is 1.83 bits per heavy atom. The molecule has 1 aliphatic heterocycles. The molecule has 104 valence electrons. The van der Waals surface area contributed by atoms with Gasteiger partial charge in [-0.15, -0.1) is 0 Å². The molecular formula is C14H26N2O2. The Morgan fingerprint density at radius 1 is 1.22 bits per heavy atom. The zero-order chi connectivity index (χ0) is 13.0. The van der Waals surface area contributed by atoms with Crippen molar-refractivity contribution < 1.29 is 9.90 Å². The van der Waals surface area contributed by atoms with Crippen LogP contribution in [0.4, 0.5) is 0 Å². The fourth-order valence-corrected chi connectivity index (χ4v) is 3.04. The van der Waals surface area contributed by atoms with Gasteiger partial charge in [-0.3, -0.25) is 10.1 Å². The Kier molecular flexibility index (Phi) is 4.62. The minimum Gasteiger partial charge on any atom is -0.394 e. The van der Waals surface area contributed by atoms with Crippen LogP contribution in [0, 0.1) is 0 Å². The van der Waals surface area contributed by atoms with Crippen LogP contribution in [0.5, 0.6) is 0 Å². The van der Waals surface area contributed by atoms with E-state index in [1.165, 1.54) is 12.8 Å². The quantitative estimate of drug-likeness (QED) is 0.794. The number of amides is 1. The number of nitrogens with one attached hydrogen (secondary N) is 1. The van der Waals surface area contributed by atoms with E-state index in [9.17, 15) is 9.90 Å². The zero-order valence-electron chi connectivity index (χ0n) is 11.5. The Morgan fingerprint density at radius 3 is 2.28 bits per heavy atom. The number of hydrogen-bond donors (Lipinski definition) is 2. The van der Waals surface area contributed by atoms with E-state index in [-0.39, 0.29) is 24.1 Å². The smallest absolute Gasteiger partial charge is 0.239 e. The molecule has 1 unspecified atom stereocenters. The number of likely N-dealkylation sites (tertiary alicyclic amines) is 1. The Labute approximate surface area is 110 Å². The molecule has 0 aromatic heterocycles. The molecule has 18 heavy (non-hydrogen) atoms. The van der Waals surface area contributed by atoms with Gasteiger partial charge >= 0.3 is 0 Å². The number of hydrogen-bond acceptors (Lipinski definition) is 3. The Balaban J connectivity index is 1.87.